The van der Waals surface area contributed by atoms with Gasteiger partial charge >= 0.3 is 0 Å². The molecule has 0 bridgehead atoms. The Kier molecular flexibility index (Phi) is 3.59. The predicted molar refractivity (Wildman–Crippen MR) is 93.9 cm³/mol. The molecule has 0 unspecified atom stereocenters. The van der Waals surface area contributed by atoms with Crippen LogP contribution < -0.4 is 5.32 Å². The van der Waals surface area contributed by atoms with Gasteiger partial charge in [-0.1, -0.05) is 54.6 Å². The van der Waals surface area contributed by atoms with Crippen molar-refractivity contribution in [1.29, 1.82) is 0 Å². The van der Waals surface area contributed by atoms with Crippen LogP contribution in [-0.2, 0) is 6.54 Å². The summed E-state index contributed by atoms with van der Waals surface area (Å²) in [7, 11) is 0. The SMILES string of the molecule is S=C(NC1CC1)N1Cc2ccccc2[C@@H](c2ccccc2)C1. The second-order valence-corrected chi connectivity index (χ2v) is 6.65. The number of thiocarbonyl (C=S) groups is 1. The van der Waals surface area contributed by atoms with Gasteiger partial charge in [-0.2, -0.15) is 0 Å². The molecule has 1 N–H and O–H groups in total. The molecule has 1 aliphatic heterocycles. The highest BCUT2D eigenvalue weighted by Crippen LogP contribution is 2.33. The third-order valence-electron chi connectivity index (χ3n) is 4.59. The van der Waals surface area contributed by atoms with Crippen LogP contribution in [0.15, 0.2) is 54.6 Å². The molecular formula is C19H20N2S. The summed E-state index contributed by atoms with van der Waals surface area (Å²) < 4.78 is 0. The first kappa shape index (κ1) is 13.8. The van der Waals surface area contributed by atoms with E-state index >= 15 is 0 Å². The van der Waals surface area contributed by atoms with Gasteiger partial charge in [0.05, 0.1) is 0 Å². The van der Waals surface area contributed by atoms with E-state index < -0.39 is 0 Å². The molecule has 1 atom stereocenters. The first-order valence-electron chi connectivity index (χ1n) is 7.99. The van der Waals surface area contributed by atoms with Crippen molar-refractivity contribution >= 4 is 17.3 Å². The van der Waals surface area contributed by atoms with Crippen LogP contribution in [0.2, 0.25) is 0 Å². The lowest BCUT2D eigenvalue weighted by atomic mass is 9.85. The lowest BCUT2D eigenvalue weighted by Gasteiger charge is -2.36. The van der Waals surface area contributed by atoms with Crippen molar-refractivity contribution in [2.75, 3.05) is 6.54 Å². The summed E-state index contributed by atoms with van der Waals surface area (Å²) >= 11 is 5.64. The molecule has 1 aliphatic carbocycles. The highest BCUT2D eigenvalue weighted by Gasteiger charge is 2.30. The summed E-state index contributed by atoms with van der Waals surface area (Å²) in [6.45, 7) is 1.87. The Morgan fingerprint density at radius 2 is 1.73 bits per heavy atom. The largest absolute Gasteiger partial charge is 0.360 e. The minimum atomic E-state index is 0.394. The number of hydrogen-bond donors (Lipinski definition) is 1. The number of nitrogens with zero attached hydrogens (tertiary/aromatic N) is 1. The number of hydrogen-bond acceptors (Lipinski definition) is 1. The Hall–Kier alpha value is -1.87. The van der Waals surface area contributed by atoms with E-state index in [0.29, 0.717) is 12.0 Å². The molecule has 0 radical (unpaired) electrons. The van der Waals surface area contributed by atoms with Crippen molar-refractivity contribution in [3.8, 4) is 0 Å². The van der Waals surface area contributed by atoms with Crippen molar-refractivity contribution in [2.45, 2.75) is 31.3 Å². The summed E-state index contributed by atoms with van der Waals surface area (Å²) in [5.74, 6) is 0.394. The van der Waals surface area contributed by atoms with Gasteiger partial charge in [0.2, 0.25) is 0 Å². The molecule has 0 amide bonds. The molecule has 112 valence electrons. The Morgan fingerprint density at radius 1 is 1.00 bits per heavy atom. The van der Waals surface area contributed by atoms with Crippen molar-refractivity contribution in [3.05, 3.63) is 71.3 Å². The zero-order valence-electron chi connectivity index (χ0n) is 12.5. The molecule has 2 aromatic carbocycles. The maximum atomic E-state index is 5.64. The van der Waals surface area contributed by atoms with Gasteiger partial charge in [0.1, 0.15) is 0 Å². The van der Waals surface area contributed by atoms with Crippen molar-refractivity contribution in [1.82, 2.24) is 10.2 Å². The predicted octanol–water partition coefficient (Wildman–Crippen LogP) is 3.67. The van der Waals surface area contributed by atoms with E-state index in [2.05, 4.69) is 64.8 Å². The van der Waals surface area contributed by atoms with Crippen LogP contribution in [0, 0.1) is 0 Å². The van der Waals surface area contributed by atoms with Crippen molar-refractivity contribution in [2.24, 2.45) is 0 Å². The van der Waals surface area contributed by atoms with E-state index in [-0.39, 0.29) is 0 Å². The summed E-state index contributed by atoms with van der Waals surface area (Å²) in [4.78, 5) is 2.33. The number of rotatable bonds is 2. The zero-order chi connectivity index (χ0) is 14.9. The van der Waals surface area contributed by atoms with Crippen LogP contribution in [0.3, 0.4) is 0 Å². The first-order chi connectivity index (χ1) is 10.8. The Morgan fingerprint density at radius 3 is 2.50 bits per heavy atom. The Bertz CT molecular complexity index is 679. The lowest BCUT2D eigenvalue weighted by molar-refractivity contribution is 0.364. The molecule has 3 heteroatoms. The molecule has 2 aliphatic rings. The Balaban J connectivity index is 1.65. The smallest absolute Gasteiger partial charge is 0.169 e. The quantitative estimate of drug-likeness (QED) is 0.852. The van der Waals surface area contributed by atoms with Gasteiger partial charge < -0.3 is 10.2 Å². The number of fused-ring (bicyclic) bond motifs is 1. The molecule has 1 heterocycles. The third kappa shape index (κ3) is 2.73. The van der Waals surface area contributed by atoms with Crippen LogP contribution in [0.1, 0.15) is 35.4 Å². The molecule has 0 spiro atoms. The molecule has 2 nitrogen and oxygen atoms in total. The molecule has 1 saturated carbocycles. The van der Waals surface area contributed by atoms with Gasteiger partial charge in [-0.25, -0.2) is 0 Å². The Labute approximate surface area is 137 Å². The normalized spacial score (nSPS) is 20.4. The number of nitrogens with one attached hydrogen (secondary N) is 1. The highest BCUT2D eigenvalue weighted by atomic mass is 32.1. The van der Waals surface area contributed by atoms with Crippen LogP contribution in [0.4, 0.5) is 0 Å². The van der Waals surface area contributed by atoms with Crippen LogP contribution in [-0.4, -0.2) is 22.6 Å². The fourth-order valence-corrected chi connectivity index (χ4v) is 3.53. The summed E-state index contributed by atoms with van der Waals surface area (Å²) in [5, 5.41) is 4.40. The second kappa shape index (κ2) is 5.73. The maximum absolute atomic E-state index is 5.64. The fourth-order valence-electron chi connectivity index (χ4n) is 3.23. The van der Waals surface area contributed by atoms with E-state index in [9.17, 15) is 0 Å². The van der Waals surface area contributed by atoms with E-state index in [1.165, 1.54) is 29.5 Å². The summed E-state index contributed by atoms with van der Waals surface area (Å²) in [6.07, 6.45) is 2.51. The minimum absolute atomic E-state index is 0.394. The topological polar surface area (TPSA) is 15.3 Å². The molecule has 0 saturated heterocycles. The fraction of sp³-hybridized carbons (Fsp3) is 0.316. The molecule has 22 heavy (non-hydrogen) atoms. The van der Waals surface area contributed by atoms with E-state index in [1.54, 1.807) is 0 Å². The standard InChI is InChI=1S/C19H20N2S/c22-19(20-16-10-11-16)21-12-15-8-4-5-9-17(15)18(13-21)14-6-2-1-3-7-14/h1-9,16,18H,10-13H2,(H,20,22)/t18-/m1/s1. The van der Waals surface area contributed by atoms with Gasteiger partial charge in [0.15, 0.2) is 5.11 Å². The van der Waals surface area contributed by atoms with Crippen LogP contribution in [0.25, 0.3) is 0 Å². The average Bonchev–Trinajstić information content (AvgIpc) is 3.38. The van der Waals surface area contributed by atoms with Gasteiger partial charge in [-0.3, -0.25) is 0 Å². The lowest BCUT2D eigenvalue weighted by Crippen LogP contribution is -2.44. The molecular weight excluding hydrogens is 288 g/mol. The van der Waals surface area contributed by atoms with E-state index in [4.69, 9.17) is 12.2 Å². The van der Waals surface area contributed by atoms with Crippen molar-refractivity contribution < 1.29 is 0 Å². The summed E-state index contributed by atoms with van der Waals surface area (Å²) in [6, 6.07) is 20.2. The first-order valence-corrected chi connectivity index (χ1v) is 8.40. The molecule has 2 aromatic rings. The van der Waals surface area contributed by atoms with Gasteiger partial charge in [-0.05, 0) is 41.7 Å². The molecule has 4 rings (SSSR count). The minimum Gasteiger partial charge on any atom is -0.360 e. The third-order valence-corrected chi connectivity index (χ3v) is 4.96. The van der Waals surface area contributed by atoms with Gasteiger partial charge in [0.25, 0.3) is 0 Å². The van der Waals surface area contributed by atoms with Crippen LogP contribution in [0.5, 0.6) is 0 Å². The second-order valence-electron chi connectivity index (χ2n) is 6.27. The van der Waals surface area contributed by atoms with Gasteiger partial charge in [0, 0.05) is 25.0 Å². The van der Waals surface area contributed by atoms with E-state index in [1.807, 2.05) is 0 Å². The highest BCUT2D eigenvalue weighted by molar-refractivity contribution is 7.80. The zero-order valence-corrected chi connectivity index (χ0v) is 13.4. The molecule has 1 fully saturated rings. The summed E-state index contributed by atoms with van der Waals surface area (Å²) in [5.41, 5.74) is 4.20. The molecule has 0 aromatic heterocycles. The monoisotopic (exact) mass is 308 g/mol. The van der Waals surface area contributed by atoms with Gasteiger partial charge in [-0.15, -0.1) is 0 Å². The number of benzene rings is 2. The van der Waals surface area contributed by atoms with Crippen LogP contribution >= 0.6 is 12.2 Å². The maximum Gasteiger partial charge on any atom is 0.169 e. The average molecular weight is 308 g/mol. The van der Waals surface area contributed by atoms with E-state index in [0.717, 1.165) is 18.2 Å². The van der Waals surface area contributed by atoms with Crippen molar-refractivity contribution in [3.63, 3.8) is 0 Å².